The van der Waals surface area contributed by atoms with E-state index in [9.17, 15) is 0 Å². The van der Waals surface area contributed by atoms with Gasteiger partial charge in [0, 0.05) is 79.3 Å². The molecule has 0 aliphatic rings. The summed E-state index contributed by atoms with van der Waals surface area (Å²) in [4.78, 5) is 0. The molecule has 0 saturated heterocycles. The van der Waals surface area contributed by atoms with Crippen LogP contribution in [0.15, 0.2) is 0 Å². The maximum Gasteiger partial charge on any atom is 0.0402 e. The molecule has 0 heterocycles. The third-order valence-corrected chi connectivity index (χ3v) is 0. The first-order chi connectivity index (χ1) is 5.24. The molecule has 6 heteroatoms. The second-order valence-electron chi connectivity index (χ2n) is 0.949. The Balaban J connectivity index is -0.0000000121. The van der Waals surface area contributed by atoms with Gasteiger partial charge in [-0.15, -0.1) is 0 Å². The molecule has 0 aliphatic carbocycles. The largest absolute Gasteiger partial charge is 0.400 e. The van der Waals surface area contributed by atoms with E-state index in [1.807, 2.05) is 0 Å². The molecule has 0 aromatic heterocycles. The van der Waals surface area contributed by atoms with E-state index >= 15 is 0 Å². The topological polar surface area (TPSA) is 80.9 Å². The van der Waals surface area contributed by atoms with Gasteiger partial charge in [0.05, 0.1) is 0 Å². The summed E-state index contributed by atoms with van der Waals surface area (Å²) in [7, 11) is 1.00. The van der Waals surface area contributed by atoms with Crippen molar-refractivity contribution in [2.24, 2.45) is 0 Å². The summed E-state index contributed by atoms with van der Waals surface area (Å²) in [6.07, 6.45) is 0. The molecule has 0 atom stereocenters. The molecule has 0 unspecified atom stereocenters. The predicted octanol–water partition coefficient (Wildman–Crippen LogP) is -0.401. The van der Waals surface area contributed by atoms with Crippen LogP contribution in [0, 0.1) is 0 Å². The molecule has 0 aromatic carbocycles. The normalized spacial score (nSPS) is 4.62. The van der Waals surface area contributed by atoms with Gasteiger partial charge in [-0.3, -0.25) is 0 Å². The van der Waals surface area contributed by atoms with E-state index < -0.39 is 0 Å². The third kappa shape index (κ3) is 710. The van der Waals surface area contributed by atoms with E-state index in [1.54, 1.807) is 20.8 Å². The molecule has 0 fully saturated rings. The van der Waals surface area contributed by atoms with Crippen molar-refractivity contribution in [2.75, 3.05) is 26.9 Å². The fraction of sp³-hybridized carbons (Fsp3) is 1.00. The number of hydrogen-bond acceptors (Lipinski definition) is 4. The standard InChI is InChI=1S/3C2H6O.CH4O.2Zr/c3*1-2-3;1-2;;/h3*3H,2H2,1H3;2H,1H3;;. The van der Waals surface area contributed by atoms with Gasteiger partial charge in [0.1, 0.15) is 0 Å². The van der Waals surface area contributed by atoms with Crippen molar-refractivity contribution in [3.8, 4) is 0 Å². The average molecular weight is 353 g/mol. The molecule has 4 N–H and O–H groups in total. The number of hydrogen-bond donors (Lipinski definition) is 4. The van der Waals surface area contributed by atoms with Crippen molar-refractivity contribution < 1.29 is 72.8 Å². The van der Waals surface area contributed by atoms with Crippen LogP contribution in [0.3, 0.4) is 0 Å². The summed E-state index contributed by atoms with van der Waals surface area (Å²) in [6.45, 7) is 5.79. The molecular formula is C7H22O4Zr2. The van der Waals surface area contributed by atoms with Gasteiger partial charge in [-0.1, -0.05) is 0 Å². The Kier molecular flexibility index (Phi) is 286. The minimum Gasteiger partial charge on any atom is -0.400 e. The van der Waals surface area contributed by atoms with Crippen molar-refractivity contribution in [1.29, 1.82) is 0 Å². The van der Waals surface area contributed by atoms with Crippen molar-refractivity contribution in [1.82, 2.24) is 0 Å². The Morgan fingerprint density at radius 2 is 0.615 bits per heavy atom. The zero-order chi connectivity index (χ0) is 10.1. The monoisotopic (exact) mass is 350 g/mol. The van der Waals surface area contributed by atoms with Crippen molar-refractivity contribution in [3.05, 3.63) is 0 Å². The van der Waals surface area contributed by atoms with Crippen LogP contribution in [-0.2, 0) is 52.4 Å². The molecule has 13 heavy (non-hydrogen) atoms. The molecule has 82 valence electrons. The van der Waals surface area contributed by atoms with E-state index in [1.165, 1.54) is 0 Å². The van der Waals surface area contributed by atoms with Crippen LogP contribution < -0.4 is 0 Å². The summed E-state index contributed by atoms with van der Waals surface area (Å²) >= 11 is 0. The Labute approximate surface area is 120 Å². The van der Waals surface area contributed by atoms with E-state index in [4.69, 9.17) is 20.4 Å². The molecule has 0 aliphatic heterocycles. The molecule has 4 nitrogen and oxygen atoms in total. The molecular weight excluding hydrogens is 331 g/mol. The van der Waals surface area contributed by atoms with Gasteiger partial charge in [0.25, 0.3) is 0 Å². The Hall–Kier alpha value is 1.61. The van der Waals surface area contributed by atoms with Crippen LogP contribution >= 0.6 is 0 Å². The van der Waals surface area contributed by atoms with Crippen LogP contribution in [-0.4, -0.2) is 47.4 Å². The quantitative estimate of drug-likeness (QED) is 0.478. The minimum absolute atomic E-state index is 0. The van der Waals surface area contributed by atoms with E-state index in [-0.39, 0.29) is 72.2 Å². The molecule has 0 amide bonds. The SMILES string of the molecule is CCO.CCO.CCO.CO.[Zr].[Zr]. The smallest absolute Gasteiger partial charge is 0.0402 e. The molecule has 0 rings (SSSR count). The van der Waals surface area contributed by atoms with Gasteiger partial charge in [-0.25, -0.2) is 0 Å². The maximum absolute atomic E-state index is 7.57. The molecule has 0 aromatic rings. The van der Waals surface area contributed by atoms with Gasteiger partial charge < -0.3 is 20.4 Å². The Morgan fingerprint density at radius 1 is 0.615 bits per heavy atom. The second-order valence-corrected chi connectivity index (χ2v) is 0.949. The van der Waals surface area contributed by atoms with Crippen molar-refractivity contribution >= 4 is 0 Å². The van der Waals surface area contributed by atoms with E-state index in [0.29, 0.717) is 0 Å². The zero-order valence-corrected chi connectivity index (χ0v) is 13.8. The van der Waals surface area contributed by atoms with E-state index in [2.05, 4.69) is 0 Å². The number of aliphatic hydroxyl groups excluding tert-OH is 4. The molecule has 0 spiro atoms. The third-order valence-electron chi connectivity index (χ3n) is 0. The zero-order valence-electron chi connectivity index (χ0n) is 8.91. The average Bonchev–Trinajstić information content (AvgIpc) is 1.96. The summed E-state index contributed by atoms with van der Waals surface area (Å²) in [5.74, 6) is 0. The Bertz CT molecular complexity index is 23.2. The van der Waals surface area contributed by atoms with Gasteiger partial charge in [0.2, 0.25) is 0 Å². The molecule has 0 bridgehead atoms. The second kappa shape index (κ2) is 102. The van der Waals surface area contributed by atoms with E-state index in [0.717, 1.165) is 7.11 Å². The van der Waals surface area contributed by atoms with Crippen LogP contribution in [0.2, 0.25) is 0 Å². The Morgan fingerprint density at radius 3 is 0.615 bits per heavy atom. The van der Waals surface area contributed by atoms with Crippen molar-refractivity contribution in [2.45, 2.75) is 20.8 Å². The van der Waals surface area contributed by atoms with Crippen LogP contribution in [0.4, 0.5) is 0 Å². The summed E-state index contributed by atoms with van der Waals surface area (Å²) in [6, 6.07) is 0. The summed E-state index contributed by atoms with van der Waals surface area (Å²) in [5.41, 5.74) is 0. The van der Waals surface area contributed by atoms with Gasteiger partial charge in [0.15, 0.2) is 0 Å². The number of rotatable bonds is 0. The minimum atomic E-state index is 0. The van der Waals surface area contributed by atoms with Crippen LogP contribution in [0.25, 0.3) is 0 Å². The summed E-state index contributed by atoms with van der Waals surface area (Å²) in [5, 5.41) is 29.7. The molecule has 0 radical (unpaired) electrons. The first-order valence-corrected chi connectivity index (χ1v) is 3.52. The first-order valence-electron chi connectivity index (χ1n) is 3.52. The van der Waals surface area contributed by atoms with Crippen molar-refractivity contribution in [3.63, 3.8) is 0 Å². The van der Waals surface area contributed by atoms with Gasteiger partial charge in [-0.05, 0) is 20.8 Å². The fourth-order valence-electron chi connectivity index (χ4n) is 0. The number of aliphatic hydroxyl groups is 4. The predicted molar refractivity (Wildman–Crippen MR) is 46.4 cm³/mol. The van der Waals surface area contributed by atoms with Crippen LogP contribution in [0.5, 0.6) is 0 Å². The van der Waals surface area contributed by atoms with Gasteiger partial charge in [-0.2, -0.15) is 0 Å². The van der Waals surface area contributed by atoms with Gasteiger partial charge >= 0.3 is 0 Å². The summed E-state index contributed by atoms with van der Waals surface area (Å²) < 4.78 is 0. The van der Waals surface area contributed by atoms with Crippen LogP contribution in [0.1, 0.15) is 20.8 Å². The first kappa shape index (κ1) is 36.5. The fourth-order valence-corrected chi connectivity index (χ4v) is 0. The maximum atomic E-state index is 7.57. The molecule has 0 saturated carbocycles.